The number of methoxy groups -OCH3 is 2. The van der Waals surface area contributed by atoms with E-state index in [1.54, 1.807) is 26.4 Å². The van der Waals surface area contributed by atoms with Crippen molar-refractivity contribution in [3.05, 3.63) is 53.6 Å². The third-order valence-electron chi connectivity index (χ3n) is 2.87. The first-order valence-corrected chi connectivity index (χ1v) is 5.72. The molecule has 0 saturated carbocycles. The van der Waals surface area contributed by atoms with Crippen LogP contribution in [0, 0.1) is 0 Å². The molecular weight excluding hydrogens is 228 g/mol. The molecule has 0 fully saturated rings. The SMILES string of the molecule is COc1ccc(Cc2c(O)cccc2OC)cc1. The zero-order valence-electron chi connectivity index (χ0n) is 10.5. The van der Waals surface area contributed by atoms with E-state index in [2.05, 4.69) is 0 Å². The zero-order valence-corrected chi connectivity index (χ0v) is 10.5. The van der Waals surface area contributed by atoms with E-state index in [0.717, 1.165) is 16.9 Å². The molecule has 0 radical (unpaired) electrons. The molecule has 2 aromatic rings. The molecule has 0 heterocycles. The maximum Gasteiger partial charge on any atom is 0.126 e. The van der Waals surface area contributed by atoms with Gasteiger partial charge in [-0.25, -0.2) is 0 Å². The lowest BCUT2D eigenvalue weighted by atomic mass is 10.0. The van der Waals surface area contributed by atoms with E-state index in [1.807, 2.05) is 30.3 Å². The van der Waals surface area contributed by atoms with E-state index >= 15 is 0 Å². The number of aromatic hydroxyl groups is 1. The van der Waals surface area contributed by atoms with Gasteiger partial charge in [0.25, 0.3) is 0 Å². The highest BCUT2D eigenvalue weighted by atomic mass is 16.5. The first-order valence-electron chi connectivity index (χ1n) is 5.72. The minimum absolute atomic E-state index is 0.255. The largest absolute Gasteiger partial charge is 0.508 e. The Morgan fingerprint density at radius 3 is 2.28 bits per heavy atom. The number of phenolic OH excluding ortho intramolecular Hbond substituents is 1. The van der Waals surface area contributed by atoms with E-state index in [1.165, 1.54) is 0 Å². The third kappa shape index (κ3) is 2.56. The fraction of sp³-hybridized carbons (Fsp3) is 0.200. The Kier molecular flexibility index (Phi) is 3.72. The summed E-state index contributed by atoms with van der Waals surface area (Å²) >= 11 is 0. The van der Waals surface area contributed by atoms with Gasteiger partial charge in [0.2, 0.25) is 0 Å². The van der Waals surface area contributed by atoms with E-state index < -0.39 is 0 Å². The van der Waals surface area contributed by atoms with Crippen molar-refractivity contribution in [1.82, 2.24) is 0 Å². The highest BCUT2D eigenvalue weighted by Gasteiger charge is 2.09. The summed E-state index contributed by atoms with van der Waals surface area (Å²) in [5.41, 5.74) is 1.89. The Hall–Kier alpha value is -2.16. The summed E-state index contributed by atoms with van der Waals surface area (Å²) in [5, 5.41) is 9.88. The Balaban J connectivity index is 2.27. The minimum Gasteiger partial charge on any atom is -0.508 e. The number of ether oxygens (including phenoxy) is 2. The fourth-order valence-corrected chi connectivity index (χ4v) is 1.87. The summed E-state index contributed by atoms with van der Waals surface area (Å²) in [5.74, 6) is 1.78. The first-order chi connectivity index (χ1) is 8.74. The second-order valence-electron chi connectivity index (χ2n) is 3.98. The average Bonchev–Trinajstić information content (AvgIpc) is 2.42. The molecule has 3 nitrogen and oxygen atoms in total. The van der Waals surface area contributed by atoms with Crippen LogP contribution in [-0.4, -0.2) is 19.3 Å². The van der Waals surface area contributed by atoms with Gasteiger partial charge in [0.15, 0.2) is 0 Å². The minimum atomic E-state index is 0.255. The lowest BCUT2D eigenvalue weighted by Crippen LogP contribution is -1.94. The van der Waals surface area contributed by atoms with Crippen molar-refractivity contribution >= 4 is 0 Å². The molecule has 0 bridgehead atoms. The number of hydrogen-bond donors (Lipinski definition) is 1. The molecule has 2 aromatic carbocycles. The van der Waals surface area contributed by atoms with Gasteiger partial charge in [0, 0.05) is 12.0 Å². The van der Waals surface area contributed by atoms with E-state index in [4.69, 9.17) is 9.47 Å². The van der Waals surface area contributed by atoms with Crippen LogP contribution in [0.2, 0.25) is 0 Å². The van der Waals surface area contributed by atoms with Crippen LogP contribution in [0.3, 0.4) is 0 Å². The van der Waals surface area contributed by atoms with Crippen molar-refractivity contribution in [3.63, 3.8) is 0 Å². The van der Waals surface area contributed by atoms with Crippen LogP contribution in [-0.2, 0) is 6.42 Å². The monoisotopic (exact) mass is 244 g/mol. The summed E-state index contributed by atoms with van der Waals surface area (Å²) in [4.78, 5) is 0. The molecule has 0 aliphatic rings. The smallest absolute Gasteiger partial charge is 0.126 e. The van der Waals surface area contributed by atoms with Crippen molar-refractivity contribution in [3.8, 4) is 17.2 Å². The standard InChI is InChI=1S/C15H16O3/c1-17-12-8-6-11(7-9-12)10-13-14(16)4-3-5-15(13)18-2/h3-9,16H,10H2,1-2H3. The molecule has 0 atom stereocenters. The molecule has 0 aliphatic heterocycles. The van der Waals surface area contributed by atoms with E-state index in [9.17, 15) is 5.11 Å². The number of hydrogen-bond acceptors (Lipinski definition) is 3. The Morgan fingerprint density at radius 2 is 1.67 bits per heavy atom. The van der Waals surface area contributed by atoms with Gasteiger partial charge in [-0.3, -0.25) is 0 Å². The quantitative estimate of drug-likeness (QED) is 0.898. The summed E-state index contributed by atoms with van der Waals surface area (Å²) in [6.07, 6.45) is 0.625. The highest BCUT2D eigenvalue weighted by molar-refractivity contribution is 5.47. The second kappa shape index (κ2) is 5.45. The predicted octanol–water partition coefficient (Wildman–Crippen LogP) is 3.00. The van der Waals surface area contributed by atoms with Gasteiger partial charge in [-0.15, -0.1) is 0 Å². The summed E-state index contributed by atoms with van der Waals surface area (Å²) in [6, 6.07) is 13.0. The van der Waals surface area contributed by atoms with E-state index in [0.29, 0.717) is 12.2 Å². The van der Waals surface area contributed by atoms with Gasteiger partial charge in [0.05, 0.1) is 14.2 Å². The highest BCUT2D eigenvalue weighted by Crippen LogP contribution is 2.29. The predicted molar refractivity (Wildman–Crippen MR) is 70.5 cm³/mol. The van der Waals surface area contributed by atoms with Crippen LogP contribution < -0.4 is 9.47 Å². The Morgan fingerprint density at radius 1 is 0.944 bits per heavy atom. The molecule has 2 rings (SSSR count). The summed E-state index contributed by atoms with van der Waals surface area (Å²) in [7, 11) is 3.24. The Labute approximate surface area is 107 Å². The molecule has 94 valence electrons. The molecule has 0 saturated heterocycles. The topological polar surface area (TPSA) is 38.7 Å². The van der Waals surface area contributed by atoms with Crippen molar-refractivity contribution in [2.75, 3.05) is 14.2 Å². The molecule has 0 aromatic heterocycles. The van der Waals surface area contributed by atoms with Gasteiger partial charge < -0.3 is 14.6 Å². The molecule has 0 unspecified atom stereocenters. The van der Waals surface area contributed by atoms with Crippen molar-refractivity contribution in [1.29, 1.82) is 0 Å². The second-order valence-corrected chi connectivity index (χ2v) is 3.98. The lowest BCUT2D eigenvalue weighted by molar-refractivity contribution is 0.401. The molecule has 0 aliphatic carbocycles. The first kappa shape index (κ1) is 12.3. The number of rotatable bonds is 4. The molecule has 0 amide bonds. The number of benzene rings is 2. The molecular formula is C15H16O3. The van der Waals surface area contributed by atoms with Crippen molar-refractivity contribution in [2.24, 2.45) is 0 Å². The van der Waals surface area contributed by atoms with Gasteiger partial charge in [-0.1, -0.05) is 18.2 Å². The maximum absolute atomic E-state index is 9.88. The molecule has 1 N–H and O–H groups in total. The molecule has 3 heteroatoms. The maximum atomic E-state index is 9.88. The normalized spacial score (nSPS) is 10.1. The lowest BCUT2D eigenvalue weighted by Gasteiger charge is -2.10. The van der Waals surface area contributed by atoms with Crippen LogP contribution in [0.5, 0.6) is 17.2 Å². The van der Waals surface area contributed by atoms with Crippen molar-refractivity contribution in [2.45, 2.75) is 6.42 Å². The zero-order chi connectivity index (χ0) is 13.0. The van der Waals surface area contributed by atoms with Crippen LogP contribution in [0.1, 0.15) is 11.1 Å². The number of phenols is 1. The van der Waals surface area contributed by atoms with Crippen LogP contribution >= 0.6 is 0 Å². The summed E-state index contributed by atoms with van der Waals surface area (Å²) < 4.78 is 10.4. The summed E-state index contributed by atoms with van der Waals surface area (Å²) in [6.45, 7) is 0. The average molecular weight is 244 g/mol. The third-order valence-corrected chi connectivity index (χ3v) is 2.87. The van der Waals surface area contributed by atoms with E-state index in [-0.39, 0.29) is 5.75 Å². The van der Waals surface area contributed by atoms with Crippen LogP contribution in [0.15, 0.2) is 42.5 Å². The Bertz CT molecular complexity index is 518. The van der Waals surface area contributed by atoms with Gasteiger partial charge in [0.1, 0.15) is 17.2 Å². The van der Waals surface area contributed by atoms with Gasteiger partial charge >= 0.3 is 0 Å². The molecule has 0 spiro atoms. The fourth-order valence-electron chi connectivity index (χ4n) is 1.87. The van der Waals surface area contributed by atoms with Gasteiger partial charge in [-0.2, -0.15) is 0 Å². The van der Waals surface area contributed by atoms with Crippen LogP contribution in [0.25, 0.3) is 0 Å². The van der Waals surface area contributed by atoms with Crippen LogP contribution in [0.4, 0.5) is 0 Å². The molecule has 18 heavy (non-hydrogen) atoms. The van der Waals surface area contributed by atoms with Crippen molar-refractivity contribution < 1.29 is 14.6 Å². The van der Waals surface area contributed by atoms with Gasteiger partial charge in [-0.05, 0) is 29.8 Å².